The Morgan fingerprint density at radius 3 is 2.29 bits per heavy atom. The first-order chi connectivity index (χ1) is 8.05. The van der Waals surface area contributed by atoms with Crippen LogP contribution in [-0.2, 0) is 4.79 Å². The number of carbonyl (C=O) groups excluding carboxylic acids is 1. The standard InChI is InChI=1S/C12H24N2O.CH4O/c1-4-12(2,3)6-5-11(15)14-9-7-13-8-10-14;1-2/h13H,4-10H2,1-3H3;2H,1H3. The maximum absolute atomic E-state index is 11.9. The maximum atomic E-state index is 11.9. The molecule has 17 heavy (non-hydrogen) atoms. The topological polar surface area (TPSA) is 52.6 Å². The number of rotatable bonds is 4. The van der Waals surface area contributed by atoms with Crippen LogP contribution in [0.2, 0.25) is 0 Å². The van der Waals surface area contributed by atoms with Gasteiger partial charge in [0.1, 0.15) is 0 Å². The Balaban J connectivity index is 0.00000121. The number of aliphatic hydroxyl groups excluding tert-OH is 1. The van der Waals surface area contributed by atoms with Crippen molar-refractivity contribution in [1.29, 1.82) is 0 Å². The van der Waals surface area contributed by atoms with Crippen LogP contribution in [0.3, 0.4) is 0 Å². The summed E-state index contributed by atoms with van der Waals surface area (Å²) in [6, 6.07) is 0. The summed E-state index contributed by atoms with van der Waals surface area (Å²) in [6.07, 6.45) is 2.86. The van der Waals surface area contributed by atoms with E-state index in [9.17, 15) is 4.79 Å². The van der Waals surface area contributed by atoms with E-state index in [1.165, 1.54) is 0 Å². The highest BCUT2D eigenvalue weighted by molar-refractivity contribution is 5.76. The van der Waals surface area contributed by atoms with Crippen LogP contribution in [0.1, 0.15) is 40.0 Å². The zero-order valence-electron chi connectivity index (χ0n) is 11.8. The van der Waals surface area contributed by atoms with Crippen molar-refractivity contribution in [2.24, 2.45) is 5.41 Å². The number of nitrogens with zero attached hydrogens (tertiary/aromatic N) is 1. The number of carbonyl (C=O) groups is 1. The van der Waals surface area contributed by atoms with E-state index in [2.05, 4.69) is 26.1 Å². The molecule has 0 bridgehead atoms. The smallest absolute Gasteiger partial charge is 0.222 e. The van der Waals surface area contributed by atoms with Crippen molar-refractivity contribution in [3.05, 3.63) is 0 Å². The van der Waals surface area contributed by atoms with Crippen molar-refractivity contribution in [2.45, 2.75) is 40.0 Å². The van der Waals surface area contributed by atoms with E-state index in [-0.39, 0.29) is 0 Å². The van der Waals surface area contributed by atoms with Gasteiger partial charge in [0.25, 0.3) is 0 Å². The zero-order chi connectivity index (χ0) is 13.3. The lowest BCUT2D eigenvalue weighted by atomic mass is 9.85. The van der Waals surface area contributed by atoms with Gasteiger partial charge >= 0.3 is 0 Å². The fourth-order valence-electron chi connectivity index (χ4n) is 1.69. The molecule has 0 aromatic carbocycles. The third kappa shape index (κ3) is 6.64. The van der Waals surface area contributed by atoms with Gasteiger partial charge in [0.05, 0.1) is 0 Å². The Kier molecular flexibility index (Phi) is 8.17. The Morgan fingerprint density at radius 1 is 1.29 bits per heavy atom. The summed E-state index contributed by atoms with van der Waals surface area (Å²) in [7, 11) is 1.00. The second-order valence-electron chi connectivity index (χ2n) is 5.15. The fraction of sp³-hybridized carbons (Fsp3) is 0.923. The molecule has 1 rings (SSSR count). The van der Waals surface area contributed by atoms with E-state index in [0.717, 1.165) is 46.1 Å². The molecule has 1 aliphatic heterocycles. The summed E-state index contributed by atoms with van der Waals surface area (Å²) >= 11 is 0. The second-order valence-corrected chi connectivity index (χ2v) is 5.15. The molecule has 0 atom stereocenters. The average molecular weight is 244 g/mol. The van der Waals surface area contributed by atoms with Crippen molar-refractivity contribution in [2.75, 3.05) is 33.3 Å². The molecule has 0 aromatic rings. The van der Waals surface area contributed by atoms with Gasteiger partial charge in [-0.05, 0) is 11.8 Å². The molecular weight excluding hydrogens is 216 g/mol. The normalized spacial score (nSPS) is 16.2. The van der Waals surface area contributed by atoms with Gasteiger partial charge in [-0.25, -0.2) is 0 Å². The molecule has 0 radical (unpaired) electrons. The monoisotopic (exact) mass is 244 g/mol. The summed E-state index contributed by atoms with van der Waals surface area (Å²) in [5.41, 5.74) is 0.309. The molecule has 4 nitrogen and oxygen atoms in total. The number of hydrogen-bond acceptors (Lipinski definition) is 3. The predicted octanol–water partition coefficient (Wildman–Crippen LogP) is 1.24. The van der Waals surface area contributed by atoms with Gasteiger partial charge in [-0.2, -0.15) is 0 Å². The van der Waals surface area contributed by atoms with Crippen LogP contribution in [0.15, 0.2) is 0 Å². The van der Waals surface area contributed by atoms with Crippen molar-refractivity contribution >= 4 is 5.91 Å². The van der Waals surface area contributed by atoms with Crippen LogP contribution < -0.4 is 5.32 Å². The van der Waals surface area contributed by atoms with Gasteiger partial charge in [0.15, 0.2) is 0 Å². The lowest BCUT2D eigenvalue weighted by Gasteiger charge is -2.29. The Hall–Kier alpha value is -0.610. The summed E-state index contributed by atoms with van der Waals surface area (Å²) in [5.74, 6) is 0.332. The molecule has 0 saturated carbocycles. The molecule has 0 spiro atoms. The predicted molar refractivity (Wildman–Crippen MR) is 70.9 cm³/mol. The second kappa shape index (κ2) is 8.48. The van der Waals surface area contributed by atoms with Crippen LogP contribution >= 0.6 is 0 Å². The highest BCUT2D eigenvalue weighted by Gasteiger charge is 2.20. The number of aliphatic hydroxyl groups is 1. The van der Waals surface area contributed by atoms with E-state index in [1.807, 2.05) is 4.90 Å². The molecule has 102 valence electrons. The molecular formula is C13H28N2O2. The van der Waals surface area contributed by atoms with Crippen LogP contribution in [0.4, 0.5) is 0 Å². The Morgan fingerprint density at radius 2 is 1.82 bits per heavy atom. The molecule has 0 aliphatic carbocycles. The van der Waals surface area contributed by atoms with Gasteiger partial charge in [0.2, 0.25) is 5.91 Å². The minimum Gasteiger partial charge on any atom is -0.400 e. The SMILES string of the molecule is CCC(C)(C)CCC(=O)N1CCNCC1.CO. The molecule has 1 heterocycles. The quantitative estimate of drug-likeness (QED) is 0.782. The van der Waals surface area contributed by atoms with Gasteiger partial charge in [-0.1, -0.05) is 27.2 Å². The number of nitrogens with one attached hydrogen (secondary N) is 1. The van der Waals surface area contributed by atoms with Crippen molar-refractivity contribution in [3.63, 3.8) is 0 Å². The van der Waals surface area contributed by atoms with Gasteiger partial charge in [-0.3, -0.25) is 4.79 Å². The van der Waals surface area contributed by atoms with E-state index in [0.29, 0.717) is 17.7 Å². The highest BCUT2D eigenvalue weighted by Crippen LogP contribution is 2.26. The average Bonchev–Trinajstić information content (AvgIpc) is 2.39. The summed E-state index contributed by atoms with van der Waals surface area (Å²) in [6.45, 7) is 10.3. The summed E-state index contributed by atoms with van der Waals surface area (Å²) in [5, 5.41) is 10.3. The molecule has 1 fully saturated rings. The van der Waals surface area contributed by atoms with Crippen LogP contribution in [0.5, 0.6) is 0 Å². The minimum atomic E-state index is 0.309. The van der Waals surface area contributed by atoms with Crippen molar-refractivity contribution < 1.29 is 9.90 Å². The summed E-state index contributed by atoms with van der Waals surface area (Å²) < 4.78 is 0. The lowest BCUT2D eigenvalue weighted by Crippen LogP contribution is -2.46. The van der Waals surface area contributed by atoms with E-state index in [4.69, 9.17) is 5.11 Å². The first-order valence-corrected chi connectivity index (χ1v) is 6.48. The maximum Gasteiger partial charge on any atom is 0.222 e. The Labute approximate surface area is 105 Å². The number of amides is 1. The zero-order valence-corrected chi connectivity index (χ0v) is 11.8. The van der Waals surface area contributed by atoms with Gasteiger partial charge < -0.3 is 15.3 Å². The van der Waals surface area contributed by atoms with Gasteiger partial charge in [0, 0.05) is 39.7 Å². The van der Waals surface area contributed by atoms with Gasteiger partial charge in [-0.15, -0.1) is 0 Å². The molecule has 0 aromatic heterocycles. The molecule has 0 unspecified atom stereocenters. The first-order valence-electron chi connectivity index (χ1n) is 6.48. The van der Waals surface area contributed by atoms with Crippen molar-refractivity contribution in [1.82, 2.24) is 10.2 Å². The van der Waals surface area contributed by atoms with Crippen molar-refractivity contribution in [3.8, 4) is 0 Å². The molecule has 4 heteroatoms. The largest absolute Gasteiger partial charge is 0.400 e. The summed E-state index contributed by atoms with van der Waals surface area (Å²) in [4.78, 5) is 13.8. The van der Waals surface area contributed by atoms with E-state index in [1.54, 1.807) is 0 Å². The number of hydrogen-bond donors (Lipinski definition) is 2. The molecule has 1 amide bonds. The van der Waals surface area contributed by atoms with E-state index < -0.39 is 0 Å². The third-order valence-electron chi connectivity index (χ3n) is 3.44. The highest BCUT2D eigenvalue weighted by atomic mass is 16.2. The number of piperazine rings is 1. The van der Waals surface area contributed by atoms with Crippen LogP contribution in [0.25, 0.3) is 0 Å². The minimum absolute atomic E-state index is 0.309. The van der Waals surface area contributed by atoms with E-state index >= 15 is 0 Å². The lowest BCUT2D eigenvalue weighted by molar-refractivity contribution is -0.132. The van der Waals surface area contributed by atoms with Crippen LogP contribution in [-0.4, -0.2) is 49.2 Å². The molecule has 1 saturated heterocycles. The first kappa shape index (κ1) is 16.4. The van der Waals surface area contributed by atoms with Crippen LogP contribution in [0, 0.1) is 5.41 Å². The molecule has 1 aliphatic rings. The third-order valence-corrected chi connectivity index (χ3v) is 3.44. The molecule has 2 N–H and O–H groups in total. The Bertz CT molecular complexity index is 211. The fourth-order valence-corrected chi connectivity index (χ4v) is 1.69.